The second-order valence-corrected chi connectivity index (χ2v) is 7.77. The van der Waals surface area contributed by atoms with Crippen LogP contribution in [0.25, 0.3) is 0 Å². The van der Waals surface area contributed by atoms with Gasteiger partial charge in [-0.3, -0.25) is 4.79 Å². The van der Waals surface area contributed by atoms with Crippen LogP contribution < -0.4 is 0 Å². The number of methoxy groups -OCH3 is 1. The molecule has 0 unspecified atom stereocenters. The quantitative estimate of drug-likeness (QED) is 0.695. The van der Waals surface area contributed by atoms with E-state index in [-0.39, 0.29) is 11.4 Å². The minimum atomic E-state index is -0.264. The van der Waals surface area contributed by atoms with Crippen molar-refractivity contribution in [1.29, 1.82) is 0 Å². The number of carbonyl (C=O) groups is 2. The Kier molecular flexibility index (Phi) is 3.36. The largest absolute Gasteiger partial charge is 0.465 e. The van der Waals surface area contributed by atoms with E-state index in [2.05, 4.69) is 19.1 Å². The van der Waals surface area contributed by atoms with Crippen molar-refractivity contribution in [2.24, 2.45) is 29.1 Å². The summed E-state index contributed by atoms with van der Waals surface area (Å²) >= 11 is 0. The molecular formula is C20H24O3. The molecule has 0 aliphatic heterocycles. The number of ketones is 1. The molecule has 23 heavy (non-hydrogen) atoms. The van der Waals surface area contributed by atoms with Crippen LogP contribution in [0.1, 0.15) is 39.0 Å². The van der Waals surface area contributed by atoms with Gasteiger partial charge in [0.1, 0.15) is 5.78 Å². The van der Waals surface area contributed by atoms with E-state index >= 15 is 0 Å². The zero-order valence-electron chi connectivity index (χ0n) is 13.9. The third-order valence-electron chi connectivity index (χ3n) is 6.90. The van der Waals surface area contributed by atoms with E-state index in [0.29, 0.717) is 35.0 Å². The molecule has 0 radical (unpaired) electrons. The molecule has 0 aromatic rings. The molecule has 0 saturated heterocycles. The molecule has 5 atom stereocenters. The Balaban J connectivity index is 1.64. The highest BCUT2D eigenvalue weighted by Gasteiger charge is 2.55. The molecule has 2 saturated carbocycles. The Morgan fingerprint density at radius 1 is 1.30 bits per heavy atom. The van der Waals surface area contributed by atoms with E-state index in [4.69, 9.17) is 4.74 Å². The third kappa shape index (κ3) is 2.09. The smallest absolute Gasteiger partial charge is 0.337 e. The number of esters is 1. The molecule has 0 N–H and O–H groups in total. The molecule has 4 aliphatic carbocycles. The number of rotatable bonds is 1. The first-order chi connectivity index (χ1) is 11.0. The van der Waals surface area contributed by atoms with Crippen LogP contribution in [0.3, 0.4) is 0 Å². The maximum Gasteiger partial charge on any atom is 0.337 e. The lowest BCUT2D eigenvalue weighted by atomic mass is 9.54. The molecular weight excluding hydrogens is 288 g/mol. The van der Waals surface area contributed by atoms with Crippen LogP contribution in [0, 0.1) is 29.1 Å². The van der Waals surface area contributed by atoms with E-state index < -0.39 is 0 Å². The van der Waals surface area contributed by atoms with E-state index in [1.165, 1.54) is 12.7 Å². The molecule has 0 bridgehead atoms. The molecule has 2 fully saturated rings. The maximum absolute atomic E-state index is 12.3. The van der Waals surface area contributed by atoms with Crippen LogP contribution in [0.2, 0.25) is 0 Å². The van der Waals surface area contributed by atoms with Crippen molar-refractivity contribution in [3.8, 4) is 0 Å². The van der Waals surface area contributed by atoms with Gasteiger partial charge in [-0.1, -0.05) is 25.2 Å². The summed E-state index contributed by atoms with van der Waals surface area (Å²) in [4.78, 5) is 24.1. The van der Waals surface area contributed by atoms with Gasteiger partial charge in [-0.2, -0.15) is 0 Å². The van der Waals surface area contributed by atoms with Crippen molar-refractivity contribution in [1.82, 2.24) is 0 Å². The first-order valence-electron chi connectivity index (χ1n) is 8.76. The Hall–Kier alpha value is -1.64. The van der Waals surface area contributed by atoms with Gasteiger partial charge < -0.3 is 4.74 Å². The summed E-state index contributed by atoms with van der Waals surface area (Å²) in [7, 11) is 1.42. The van der Waals surface area contributed by atoms with E-state index in [1.54, 1.807) is 0 Å². The van der Waals surface area contributed by atoms with Gasteiger partial charge in [-0.25, -0.2) is 4.79 Å². The second-order valence-electron chi connectivity index (χ2n) is 7.77. The number of ether oxygens (including phenoxy) is 1. The standard InChI is InChI=1S/C20H24O3/c1-20-10-9-15-14-5-4-13(19(22)23-2)11-12(14)3-6-16(15)17(20)7-8-18(20)21/h3-5,11,14-17H,6-10H2,1-2H3/t14-,15+,16+,17-,20-/m0/s1. The molecule has 0 aromatic heterocycles. The molecule has 0 amide bonds. The minimum absolute atomic E-state index is 0.0715. The van der Waals surface area contributed by atoms with Gasteiger partial charge >= 0.3 is 5.97 Å². The Bertz CT molecular complexity index is 654. The van der Waals surface area contributed by atoms with Crippen LogP contribution in [0.4, 0.5) is 0 Å². The number of Topliss-reactive ketones (excluding diaryl/α,β-unsaturated/α-hetero) is 1. The van der Waals surface area contributed by atoms with Gasteiger partial charge in [0.05, 0.1) is 12.7 Å². The topological polar surface area (TPSA) is 43.4 Å². The highest BCUT2D eigenvalue weighted by atomic mass is 16.5. The SMILES string of the molecule is COC(=O)C1=CC2=CC[C@@H]3[C@H](CC[C@]4(C)C(=O)CC[C@@H]34)[C@H]2C=C1. The van der Waals surface area contributed by atoms with Crippen molar-refractivity contribution < 1.29 is 14.3 Å². The number of fused-ring (bicyclic) bond motifs is 5. The van der Waals surface area contributed by atoms with Gasteiger partial charge in [0.25, 0.3) is 0 Å². The van der Waals surface area contributed by atoms with Crippen LogP contribution in [0.5, 0.6) is 0 Å². The first kappa shape index (κ1) is 14.9. The average molecular weight is 312 g/mol. The Morgan fingerprint density at radius 2 is 2.13 bits per heavy atom. The minimum Gasteiger partial charge on any atom is -0.465 e. The van der Waals surface area contributed by atoms with E-state index in [0.717, 1.165) is 32.1 Å². The third-order valence-corrected chi connectivity index (χ3v) is 6.90. The fourth-order valence-electron chi connectivity index (χ4n) is 5.62. The lowest BCUT2D eigenvalue weighted by Crippen LogP contribution is -2.45. The monoisotopic (exact) mass is 312 g/mol. The molecule has 0 spiro atoms. The molecule has 4 rings (SSSR count). The summed E-state index contributed by atoms with van der Waals surface area (Å²) in [5, 5.41) is 0. The van der Waals surface area contributed by atoms with Crippen LogP contribution >= 0.6 is 0 Å². The van der Waals surface area contributed by atoms with E-state index in [9.17, 15) is 9.59 Å². The lowest BCUT2D eigenvalue weighted by Gasteiger charge is -2.50. The molecule has 4 aliphatic rings. The fourth-order valence-corrected chi connectivity index (χ4v) is 5.62. The first-order valence-corrected chi connectivity index (χ1v) is 8.76. The van der Waals surface area contributed by atoms with Gasteiger partial charge in [-0.15, -0.1) is 0 Å². The summed E-state index contributed by atoms with van der Waals surface area (Å²) in [6.07, 6.45) is 13.4. The number of carbonyl (C=O) groups excluding carboxylic acids is 2. The van der Waals surface area contributed by atoms with Crippen molar-refractivity contribution >= 4 is 11.8 Å². The Labute approximate surface area is 137 Å². The summed E-state index contributed by atoms with van der Waals surface area (Å²) in [6.45, 7) is 2.20. The van der Waals surface area contributed by atoms with Gasteiger partial charge in [0.15, 0.2) is 0 Å². The summed E-state index contributed by atoms with van der Waals surface area (Å²) in [6, 6.07) is 0. The van der Waals surface area contributed by atoms with Gasteiger partial charge in [-0.05, 0) is 55.1 Å². The summed E-state index contributed by atoms with van der Waals surface area (Å²) < 4.78 is 4.83. The average Bonchev–Trinajstić information content (AvgIpc) is 2.88. The molecule has 122 valence electrons. The zero-order valence-corrected chi connectivity index (χ0v) is 13.9. The van der Waals surface area contributed by atoms with Gasteiger partial charge in [0, 0.05) is 17.8 Å². The number of hydrogen-bond acceptors (Lipinski definition) is 3. The molecule has 3 heteroatoms. The normalized spacial score (nSPS) is 41.4. The molecule has 3 nitrogen and oxygen atoms in total. The van der Waals surface area contributed by atoms with E-state index in [1.807, 2.05) is 12.2 Å². The summed E-state index contributed by atoms with van der Waals surface area (Å²) in [5.74, 6) is 2.41. The number of allylic oxidation sites excluding steroid dienone is 4. The maximum atomic E-state index is 12.3. The predicted octanol–water partition coefficient (Wildman–Crippen LogP) is 3.61. The van der Waals surface area contributed by atoms with Crippen molar-refractivity contribution in [2.75, 3.05) is 7.11 Å². The predicted molar refractivity (Wildman–Crippen MR) is 87.5 cm³/mol. The van der Waals surface area contributed by atoms with Crippen LogP contribution in [0.15, 0.2) is 35.5 Å². The second kappa shape index (κ2) is 5.19. The number of hydrogen-bond donors (Lipinski definition) is 0. The zero-order chi connectivity index (χ0) is 16.2. The highest BCUT2D eigenvalue weighted by Crippen LogP contribution is 2.59. The van der Waals surface area contributed by atoms with Crippen molar-refractivity contribution in [3.63, 3.8) is 0 Å². The Morgan fingerprint density at radius 3 is 2.91 bits per heavy atom. The molecule has 0 heterocycles. The van der Waals surface area contributed by atoms with Crippen molar-refractivity contribution in [2.45, 2.75) is 39.0 Å². The molecule has 0 aromatic carbocycles. The van der Waals surface area contributed by atoms with Crippen LogP contribution in [-0.2, 0) is 14.3 Å². The fraction of sp³-hybridized carbons (Fsp3) is 0.600. The van der Waals surface area contributed by atoms with Crippen molar-refractivity contribution in [3.05, 3.63) is 35.5 Å². The summed E-state index contributed by atoms with van der Waals surface area (Å²) in [5.41, 5.74) is 1.84. The van der Waals surface area contributed by atoms with Gasteiger partial charge in [0.2, 0.25) is 0 Å². The lowest BCUT2D eigenvalue weighted by molar-refractivity contribution is -0.135. The highest BCUT2D eigenvalue weighted by molar-refractivity contribution is 5.92. The van der Waals surface area contributed by atoms with Crippen LogP contribution in [-0.4, -0.2) is 18.9 Å².